The molecule has 7 nitrogen and oxygen atoms in total. The van der Waals surface area contributed by atoms with Gasteiger partial charge < -0.3 is 23.8 Å². The van der Waals surface area contributed by atoms with Crippen LogP contribution < -0.4 is 9.47 Å². The number of likely N-dealkylation sites (tertiary alicyclic amines) is 1. The highest BCUT2D eigenvalue weighted by atomic mass is 16.6. The second kappa shape index (κ2) is 8.70. The maximum Gasteiger partial charge on any atom is 0.254 e. The van der Waals surface area contributed by atoms with Crippen LogP contribution in [0, 0.1) is 5.92 Å². The lowest BCUT2D eigenvalue weighted by molar-refractivity contribution is -0.351. The average molecular weight is 545 g/mol. The molecule has 9 rings (SSSR count). The van der Waals surface area contributed by atoms with Crippen LogP contribution in [0.5, 0.6) is 11.5 Å². The Balaban J connectivity index is 1.22. The Hall–Kier alpha value is -2.61. The van der Waals surface area contributed by atoms with Gasteiger partial charge in [0.15, 0.2) is 17.6 Å². The lowest BCUT2D eigenvalue weighted by Crippen LogP contribution is -2.87. The number of methoxy groups -OCH3 is 2. The van der Waals surface area contributed by atoms with Crippen molar-refractivity contribution >= 4 is 5.91 Å². The smallest absolute Gasteiger partial charge is 0.254 e. The van der Waals surface area contributed by atoms with Crippen molar-refractivity contribution in [2.45, 2.75) is 79.8 Å². The summed E-state index contributed by atoms with van der Waals surface area (Å²) in [5.74, 6) is 2.41. The van der Waals surface area contributed by atoms with Gasteiger partial charge in [-0.2, -0.15) is 0 Å². The fourth-order valence-electron chi connectivity index (χ4n) is 9.28. The normalized spacial score (nSPS) is 36.6. The molecule has 2 spiro atoms. The lowest BCUT2D eigenvalue weighted by atomic mass is 9.44. The molecule has 2 aromatic rings. The van der Waals surface area contributed by atoms with E-state index in [4.69, 9.17) is 18.9 Å². The summed E-state index contributed by atoms with van der Waals surface area (Å²) in [5, 5.41) is 0. The van der Waals surface area contributed by atoms with Crippen LogP contribution in [0.1, 0.15) is 48.8 Å². The van der Waals surface area contributed by atoms with Crippen LogP contribution in [0.15, 0.2) is 42.5 Å². The van der Waals surface area contributed by atoms with Gasteiger partial charge in [0.25, 0.3) is 5.91 Å². The van der Waals surface area contributed by atoms with Gasteiger partial charge >= 0.3 is 0 Å². The summed E-state index contributed by atoms with van der Waals surface area (Å²) >= 11 is 0. The number of fused-ring (bicyclic) bond motifs is 2. The third-order valence-corrected chi connectivity index (χ3v) is 11.3. The molecule has 5 fully saturated rings. The van der Waals surface area contributed by atoms with Gasteiger partial charge in [-0.1, -0.05) is 36.4 Å². The van der Waals surface area contributed by atoms with Crippen LogP contribution in [0.4, 0.5) is 0 Å². The first-order valence-electron chi connectivity index (χ1n) is 15.1. The number of likely N-dealkylation sites (N-methyl/N-ethyl adjacent to an activating group) is 1. The van der Waals surface area contributed by atoms with E-state index in [1.165, 1.54) is 29.5 Å². The van der Waals surface area contributed by atoms with Crippen molar-refractivity contribution < 1.29 is 23.7 Å². The Bertz CT molecular complexity index is 1350. The van der Waals surface area contributed by atoms with Gasteiger partial charge in [-0.25, -0.2) is 0 Å². The highest BCUT2D eigenvalue weighted by Gasteiger charge is 2.83. The van der Waals surface area contributed by atoms with Crippen LogP contribution in [0.2, 0.25) is 0 Å². The number of carbonyl (C=O) groups excluding carboxylic acids is 1. The Kier molecular flexibility index (Phi) is 5.46. The fourth-order valence-corrected chi connectivity index (χ4v) is 9.28. The van der Waals surface area contributed by atoms with Crippen molar-refractivity contribution in [2.24, 2.45) is 5.92 Å². The molecule has 2 aromatic carbocycles. The summed E-state index contributed by atoms with van der Waals surface area (Å²) in [4.78, 5) is 18.9. The molecule has 40 heavy (non-hydrogen) atoms. The average Bonchev–Trinajstić information content (AvgIpc) is 3.74. The maximum absolute atomic E-state index is 14.3. The monoisotopic (exact) mass is 544 g/mol. The van der Waals surface area contributed by atoms with Crippen LogP contribution in [-0.2, 0) is 32.5 Å². The van der Waals surface area contributed by atoms with Crippen LogP contribution >= 0.6 is 0 Å². The molecule has 2 saturated carbocycles. The summed E-state index contributed by atoms with van der Waals surface area (Å²) < 4.78 is 26.7. The van der Waals surface area contributed by atoms with E-state index in [1.54, 1.807) is 14.2 Å². The molecule has 4 aliphatic heterocycles. The molecule has 7 aliphatic rings. The zero-order valence-corrected chi connectivity index (χ0v) is 23.9. The van der Waals surface area contributed by atoms with E-state index >= 15 is 0 Å². The first-order valence-corrected chi connectivity index (χ1v) is 15.1. The fraction of sp³-hybridized carbons (Fsp3) is 0.606. The standard InChI is InChI=1S/C33H40N2O5/c1-34(17-13-21-7-5-4-6-8-21)29(36)28-32(38-3)14-15-33(40-28)25-19-23-11-12-24(37-2)27-26(23)31(33,30(32)39-27)16-18-35(25)20-22-9-10-22/h4-8,11-12,22,25,28,30H,9-10,13-20H2,1-3H3. The molecular weight excluding hydrogens is 504 g/mol. The van der Waals surface area contributed by atoms with Crippen molar-refractivity contribution in [3.8, 4) is 11.5 Å². The number of piperidine rings is 1. The highest BCUT2D eigenvalue weighted by molar-refractivity contribution is 5.84. The minimum absolute atomic E-state index is 0.00385. The molecule has 0 N–H and O–H groups in total. The van der Waals surface area contributed by atoms with E-state index in [2.05, 4.69) is 29.2 Å². The molecule has 4 heterocycles. The third-order valence-electron chi connectivity index (χ3n) is 11.3. The largest absolute Gasteiger partial charge is 0.493 e. The van der Waals surface area contributed by atoms with Crippen molar-refractivity contribution in [3.05, 3.63) is 59.2 Å². The molecule has 7 heteroatoms. The predicted octanol–water partition coefficient (Wildman–Crippen LogP) is 3.75. The Morgan fingerprint density at radius 2 is 1.93 bits per heavy atom. The maximum atomic E-state index is 14.3. The molecule has 0 aromatic heterocycles. The van der Waals surface area contributed by atoms with Gasteiger partial charge in [-0.15, -0.1) is 0 Å². The quantitative estimate of drug-likeness (QED) is 0.505. The van der Waals surface area contributed by atoms with Crippen molar-refractivity contribution in [1.82, 2.24) is 9.80 Å². The summed E-state index contributed by atoms with van der Waals surface area (Å²) in [6.07, 6.45) is 5.94. The molecule has 1 amide bonds. The minimum atomic E-state index is -0.859. The molecule has 3 aliphatic carbocycles. The number of carbonyl (C=O) groups is 1. The van der Waals surface area contributed by atoms with Gasteiger partial charge in [0.1, 0.15) is 11.7 Å². The van der Waals surface area contributed by atoms with Crippen molar-refractivity contribution in [3.63, 3.8) is 0 Å². The van der Waals surface area contributed by atoms with Gasteiger partial charge in [0, 0.05) is 38.9 Å². The number of hydrogen-bond donors (Lipinski definition) is 0. The third kappa shape index (κ3) is 3.09. The summed E-state index contributed by atoms with van der Waals surface area (Å²) in [5.41, 5.74) is 2.14. The van der Waals surface area contributed by atoms with Crippen LogP contribution in [0.3, 0.4) is 0 Å². The molecule has 4 bridgehead atoms. The molecular formula is C33H40N2O5. The predicted molar refractivity (Wildman–Crippen MR) is 150 cm³/mol. The van der Waals surface area contributed by atoms with Crippen LogP contribution in [-0.4, -0.2) is 86.1 Å². The topological polar surface area (TPSA) is 60.5 Å². The van der Waals surface area contributed by atoms with Crippen LogP contribution in [0.25, 0.3) is 0 Å². The first kappa shape index (κ1) is 25.1. The molecule has 3 saturated heterocycles. The summed E-state index contributed by atoms with van der Waals surface area (Å²) in [7, 11) is 5.36. The van der Waals surface area contributed by atoms with Gasteiger partial charge in [0.05, 0.1) is 18.1 Å². The van der Waals surface area contributed by atoms with Crippen molar-refractivity contribution in [1.29, 1.82) is 0 Å². The Morgan fingerprint density at radius 1 is 1.10 bits per heavy atom. The SMILES string of the molecule is COc1ccc2c3c1OC1C4(OC)CCC5(OC4C(=O)N(C)CCc4ccccc4)C(C2)N(CC2CC2)CCC315. The van der Waals surface area contributed by atoms with E-state index in [-0.39, 0.29) is 23.5 Å². The second-order valence-corrected chi connectivity index (χ2v) is 13.1. The van der Waals surface area contributed by atoms with Gasteiger partial charge in [-0.05, 0) is 74.6 Å². The minimum Gasteiger partial charge on any atom is -0.493 e. The second-order valence-electron chi connectivity index (χ2n) is 13.1. The zero-order valence-electron chi connectivity index (χ0n) is 23.9. The van der Waals surface area contributed by atoms with E-state index in [9.17, 15) is 4.79 Å². The number of amides is 1. The van der Waals surface area contributed by atoms with E-state index in [0.717, 1.165) is 62.6 Å². The summed E-state index contributed by atoms with van der Waals surface area (Å²) in [6, 6.07) is 14.9. The highest BCUT2D eigenvalue weighted by Crippen LogP contribution is 2.72. The number of ether oxygens (including phenoxy) is 4. The number of benzene rings is 2. The van der Waals surface area contributed by atoms with Gasteiger partial charge in [0.2, 0.25) is 0 Å². The van der Waals surface area contributed by atoms with Crippen molar-refractivity contribution in [2.75, 3.05) is 40.9 Å². The van der Waals surface area contributed by atoms with E-state index in [0.29, 0.717) is 6.54 Å². The molecule has 0 radical (unpaired) electrons. The van der Waals surface area contributed by atoms with E-state index < -0.39 is 17.3 Å². The summed E-state index contributed by atoms with van der Waals surface area (Å²) in [6.45, 7) is 2.78. The molecule has 6 atom stereocenters. The number of rotatable bonds is 8. The number of hydrogen-bond acceptors (Lipinski definition) is 6. The number of nitrogens with zero attached hydrogens (tertiary/aromatic N) is 2. The van der Waals surface area contributed by atoms with E-state index in [1.807, 2.05) is 30.1 Å². The first-order chi connectivity index (χ1) is 19.5. The van der Waals surface area contributed by atoms with Gasteiger partial charge in [-0.3, -0.25) is 9.69 Å². The lowest BCUT2D eigenvalue weighted by Gasteiger charge is -2.72. The molecule has 6 unspecified atom stereocenters. The zero-order chi connectivity index (χ0) is 27.3. The molecule has 212 valence electrons. The Morgan fingerprint density at radius 3 is 2.67 bits per heavy atom. The Labute approximate surface area is 236 Å².